The van der Waals surface area contributed by atoms with Gasteiger partial charge in [-0.15, -0.1) is 10.2 Å². The number of rotatable bonds is 5. The minimum Gasteiger partial charge on any atom is -0.326 e. The van der Waals surface area contributed by atoms with Crippen molar-refractivity contribution in [2.45, 2.75) is 64.3 Å². The number of carbonyl (C=O) groups is 2. The Morgan fingerprint density at radius 3 is 2.60 bits per heavy atom. The van der Waals surface area contributed by atoms with Gasteiger partial charge in [0, 0.05) is 35.7 Å². The third-order valence-corrected chi connectivity index (χ3v) is 6.95. The molecule has 5 rings (SSSR count). The minimum atomic E-state index is -0.528. The van der Waals surface area contributed by atoms with Gasteiger partial charge in [0.25, 0.3) is 5.91 Å². The number of hydrogen-bond donors (Lipinski definition) is 2. The Morgan fingerprint density at radius 1 is 0.914 bits per heavy atom. The lowest BCUT2D eigenvalue weighted by atomic mass is 9.88. The quantitative estimate of drug-likeness (QED) is 0.504. The molecule has 1 saturated carbocycles. The van der Waals surface area contributed by atoms with Crippen LogP contribution >= 0.6 is 0 Å². The molecule has 2 amide bonds. The number of benzene rings is 2. The molecule has 1 aliphatic heterocycles. The van der Waals surface area contributed by atoms with Gasteiger partial charge < -0.3 is 15.2 Å². The fourth-order valence-electron chi connectivity index (χ4n) is 5.00. The van der Waals surface area contributed by atoms with Crippen LogP contribution in [0.4, 0.5) is 15.8 Å². The zero-order valence-electron chi connectivity index (χ0n) is 19.7. The summed E-state index contributed by atoms with van der Waals surface area (Å²) in [4.78, 5) is 25.5. The largest absolute Gasteiger partial charge is 0.326 e. The molecule has 0 spiro atoms. The van der Waals surface area contributed by atoms with E-state index in [1.54, 1.807) is 36.4 Å². The molecular weight excluding hydrogens is 445 g/mol. The Balaban J connectivity index is 1.32. The summed E-state index contributed by atoms with van der Waals surface area (Å²) in [6.45, 7) is 0.829. The van der Waals surface area contributed by atoms with Gasteiger partial charge in [-0.25, -0.2) is 4.39 Å². The molecule has 2 N–H and O–H groups in total. The molecule has 0 radical (unpaired) electrons. The smallest absolute Gasteiger partial charge is 0.255 e. The fraction of sp³-hybridized carbons (Fsp3) is 0.407. The zero-order chi connectivity index (χ0) is 24.2. The van der Waals surface area contributed by atoms with Crippen molar-refractivity contribution in [3.63, 3.8) is 0 Å². The molecule has 0 bridgehead atoms. The predicted molar refractivity (Wildman–Crippen MR) is 133 cm³/mol. The van der Waals surface area contributed by atoms with Gasteiger partial charge in [-0.05, 0) is 62.1 Å². The zero-order valence-corrected chi connectivity index (χ0v) is 19.7. The highest BCUT2D eigenvalue weighted by molar-refractivity contribution is 6.05. The van der Waals surface area contributed by atoms with Gasteiger partial charge in [0.1, 0.15) is 11.6 Å². The lowest BCUT2D eigenvalue weighted by molar-refractivity contribution is -0.120. The van der Waals surface area contributed by atoms with Crippen LogP contribution in [0.3, 0.4) is 0 Å². The van der Waals surface area contributed by atoms with E-state index in [0.29, 0.717) is 22.6 Å². The maximum atomic E-state index is 14.6. The predicted octanol–water partition coefficient (Wildman–Crippen LogP) is 5.58. The topological polar surface area (TPSA) is 88.9 Å². The van der Waals surface area contributed by atoms with Crippen LogP contribution in [0.1, 0.15) is 67.5 Å². The number of aromatic nitrogens is 3. The summed E-state index contributed by atoms with van der Waals surface area (Å²) in [5.74, 6) is 0.664. The molecule has 0 saturated heterocycles. The minimum absolute atomic E-state index is 0.00607. The van der Waals surface area contributed by atoms with Crippen LogP contribution in [0.15, 0.2) is 42.5 Å². The van der Waals surface area contributed by atoms with E-state index >= 15 is 0 Å². The lowest BCUT2D eigenvalue weighted by Crippen LogP contribution is -2.24. The average molecular weight is 476 g/mol. The van der Waals surface area contributed by atoms with Crippen molar-refractivity contribution in [3.05, 3.63) is 59.7 Å². The van der Waals surface area contributed by atoms with Crippen molar-refractivity contribution in [2.75, 3.05) is 10.6 Å². The molecule has 0 unspecified atom stereocenters. The Bertz CT molecular complexity index is 1230. The number of anilines is 2. The van der Waals surface area contributed by atoms with Gasteiger partial charge in [0.2, 0.25) is 5.91 Å². The average Bonchev–Trinajstić information content (AvgIpc) is 3.13. The third-order valence-electron chi connectivity index (χ3n) is 6.95. The second-order valence-electron chi connectivity index (χ2n) is 9.46. The first kappa shape index (κ1) is 23.2. The lowest BCUT2D eigenvalue weighted by Gasteiger charge is -2.20. The maximum Gasteiger partial charge on any atom is 0.255 e. The number of nitrogens with one attached hydrogen (secondary N) is 2. The third kappa shape index (κ3) is 5.26. The summed E-state index contributed by atoms with van der Waals surface area (Å²) in [6, 6.07) is 11.3. The van der Waals surface area contributed by atoms with E-state index < -0.39 is 11.7 Å². The number of aryl methyl sites for hydroxylation is 1. The Labute approximate surface area is 204 Å². The molecule has 2 heterocycles. The molecule has 1 aromatic heterocycles. The molecule has 182 valence electrons. The van der Waals surface area contributed by atoms with Crippen molar-refractivity contribution < 1.29 is 14.0 Å². The number of fused-ring (bicyclic) bond motifs is 1. The second kappa shape index (κ2) is 10.4. The molecule has 35 heavy (non-hydrogen) atoms. The number of hydrogen-bond acceptors (Lipinski definition) is 4. The van der Waals surface area contributed by atoms with E-state index in [4.69, 9.17) is 0 Å². The fourth-order valence-corrected chi connectivity index (χ4v) is 5.00. The highest BCUT2D eigenvalue weighted by atomic mass is 19.1. The maximum absolute atomic E-state index is 14.6. The van der Waals surface area contributed by atoms with Crippen molar-refractivity contribution in [1.29, 1.82) is 0 Å². The summed E-state index contributed by atoms with van der Waals surface area (Å²) in [5, 5.41) is 14.3. The van der Waals surface area contributed by atoms with E-state index in [2.05, 4.69) is 25.4 Å². The van der Waals surface area contributed by atoms with Crippen molar-refractivity contribution in [2.24, 2.45) is 5.92 Å². The number of halogens is 1. The van der Waals surface area contributed by atoms with Crippen molar-refractivity contribution >= 4 is 23.2 Å². The summed E-state index contributed by atoms with van der Waals surface area (Å²) in [7, 11) is 0. The van der Waals surface area contributed by atoms with Gasteiger partial charge in [-0.3, -0.25) is 9.59 Å². The second-order valence-corrected chi connectivity index (χ2v) is 9.46. The molecule has 2 aliphatic rings. The number of carbonyl (C=O) groups excluding carboxylic acids is 2. The van der Waals surface area contributed by atoms with Gasteiger partial charge in [0.15, 0.2) is 5.82 Å². The Morgan fingerprint density at radius 2 is 1.74 bits per heavy atom. The molecule has 2 aromatic carbocycles. The molecular formula is C27H30FN5O2. The van der Waals surface area contributed by atoms with E-state index in [1.807, 2.05) is 0 Å². The van der Waals surface area contributed by atoms with Crippen LogP contribution in [0.2, 0.25) is 0 Å². The molecule has 1 aliphatic carbocycles. The molecule has 3 aromatic rings. The standard InChI is InChI=1S/C27H30FN5O2/c28-22-14-13-19(25-32-31-24-12-5-2-6-15-33(24)25)17-23(22)30-27(35)20-10-7-11-21(16-20)29-26(34)18-8-3-1-4-9-18/h7,10-11,13-14,16-18H,1-6,8-9,12,15H2,(H,29,34)(H,30,35). The Kier molecular flexibility index (Phi) is 6.88. The van der Waals surface area contributed by atoms with Gasteiger partial charge in [0.05, 0.1) is 5.69 Å². The van der Waals surface area contributed by atoms with Crippen LogP contribution in [0.25, 0.3) is 11.4 Å². The normalized spacial score (nSPS) is 16.3. The van der Waals surface area contributed by atoms with E-state index in [1.165, 1.54) is 12.5 Å². The van der Waals surface area contributed by atoms with Gasteiger partial charge >= 0.3 is 0 Å². The first-order valence-electron chi connectivity index (χ1n) is 12.5. The van der Waals surface area contributed by atoms with Crippen molar-refractivity contribution in [1.82, 2.24) is 14.8 Å². The number of nitrogens with zero attached hydrogens (tertiary/aromatic N) is 3. The Hall–Kier alpha value is -3.55. The van der Waals surface area contributed by atoms with E-state index in [-0.39, 0.29) is 17.5 Å². The SMILES string of the molecule is O=C(Nc1cc(-c2nnc3n2CCCCC3)ccc1F)c1cccc(NC(=O)C2CCCCC2)c1. The summed E-state index contributed by atoms with van der Waals surface area (Å²) in [6.07, 6.45) is 9.29. The van der Waals surface area contributed by atoms with E-state index in [9.17, 15) is 14.0 Å². The summed E-state index contributed by atoms with van der Waals surface area (Å²) < 4.78 is 16.7. The highest BCUT2D eigenvalue weighted by Crippen LogP contribution is 2.28. The number of amides is 2. The first-order valence-corrected chi connectivity index (χ1v) is 12.5. The summed E-state index contributed by atoms with van der Waals surface area (Å²) >= 11 is 0. The molecule has 1 fully saturated rings. The van der Waals surface area contributed by atoms with Crippen molar-refractivity contribution in [3.8, 4) is 11.4 Å². The molecule has 8 heteroatoms. The van der Waals surface area contributed by atoms with Crippen LogP contribution in [-0.2, 0) is 17.8 Å². The van der Waals surface area contributed by atoms with Crippen LogP contribution < -0.4 is 10.6 Å². The van der Waals surface area contributed by atoms with Crippen LogP contribution in [-0.4, -0.2) is 26.6 Å². The molecule has 7 nitrogen and oxygen atoms in total. The van der Waals surface area contributed by atoms with Crippen LogP contribution in [0, 0.1) is 11.7 Å². The molecule has 0 atom stereocenters. The van der Waals surface area contributed by atoms with Gasteiger partial charge in [-0.2, -0.15) is 0 Å². The first-order chi connectivity index (χ1) is 17.1. The monoisotopic (exact) mass is 475 g/mol. The summed E-state index contributed by atoms with van der Waals surface area (Å²) in [5.41, 5.74) is 1.69. The van der Waals surface area contributed by atoms with Gasteiger partial charge in [-0.1, -0.05) is 31.7 Å². The van der Waals surface area contributed by atoms with E-state index in [0.717, 1.165) is 63.7 Å². The highest BCUT2D eigenvalue weighted by Gasteiger charge is 2.22. The van der Waals surface area contributed by atoms with Crippen LogP contribution in [0.5, 0.6) is 0 Å².